The van der Waals surface area contributed by atoms with Gasteiger partial charge in [-0.2, -0.15) is 5.10 Å². The molecule has 0 aliphatic heterocycles. The molecule has 0 spiro atoms. The van der Waals surface area contributed by atoms with Crippen LogP contribution in [0.2, 0.25) is 10.0 Å². The summed E-state index contributed by atoms with van der Waals surface area (Å²) in [5.74, 6) is 0.260. The lowest BCUT2D eigenvalue weighted by molar-refractivity contribution is 0.822. The number of halogens is 2. The molecular formula is C8H6Cl2N4O. The summed E-state index contributed by atoms with van der Waals surface area (Å²) in [6.45, 7) is 1.75. The smallest absolute Gasteiger partial charge is 0.271 e. The lowest BCUT2D eigenvalue weighted by Gasteiger charge is -2.00. The third kappa shape index (κ3) is 1.75. The van der Waals surface area contributed by atoms with Crippen LogP contribution in [0.15, 0.2) is 17.3 Å². The Kier molecular flexibility index (Phi) is 2.50. The number of aryl methyl sites for hydroxylation is 1. The van der Waals surface area contributed by atoms with Gasteiger partial charge < -0.3 is 4.98 Å². The molecule has 0 atom stereocenters. The lowest BCUT2D eigenvalue weighted by atomic mass is 10.5. The normalized spacial score (nSPS) is 10.6. The van der Waals surface area contributed by atoms with E-state index in [4.69, 9.17) is 23.2 Å². The fraction of sp³-hybridized carbons (Fsp3) is 0.125. The molecule has 0 radical (unpaired) electrons. The van der Waals surface area contributed by atoms with E-state index in [1.54, 1.807) is 13.1 Å². The average Bonchev–Trinajstić information content (AvgIpc) is 2.51. The zero-order chi connectivity index (χ0) is 11.0. The first kappa shape index (κ1) is 10.2. The molecule has 2 rings (SSSR count). The van der Waals surface area contributed by atoms with Gasteiger partial charge in [0.15, 0.2) is 10.8 Å². The molecule has 0 bridgehead atoms. The molecule has 7 heteroatoms. The Labute approximate surface area is 94.7 Å². The first-order valence-electron chi connectivity index (χ1n) is 4.05. The minimum Gasteiger partial charge on any atom is -0.312 e. The summed E-state index contributed by atoms with van der Waals surface area (Å²) in [6, 6.07) is 0. The summed E-state index contributed by atoms with van der Waals surface area (Å²) >= 11 is 11.6. The molecule has 0 aliphatic carbocycles. The summed E-state index contributed by atoms with van der Waals surface area (Å²) in [6.07, 6.45) is 2.80. The van der Waals surface area contributed by atoms with Gasteiger partial charge >= 0.3 is 0 Å². The van der Waals surface area contributed by atoms with Gasteiger partial charge in [0.25, 0.3) is 5.56 Å². The third-order valence-corrected chi connectivity index (χ3v) is 2.55. The van der Waals surface area contributed by atoms with Crippen molar-refractivity contribution >= 4 is 23.2 Å². The van der Waals surface area contributed by atoms with Crippen LogP contribution in [-0.4, -0.2) is 19.7 Å². The number of hydrogen-bond acceptors (Lipinski definition) is 3. The summed E-state index contributed by atoms with van der Waals surface area (Å²) in [7, 11) is 0. The highest BCUT2D eigenvalue weighted by atomic mass is 35.5. The van der Waals surface area contributed by atoms with Crippen molar-refractivity contribution in [3.63, 3.8) is 0 Å². The molecule has 15 heavy (non-hydrogen) atoms. The van der Waals surface area contributed by atoms with Crippen molar-refractivity contribution in [2.75, 3.05) is 0 Å². The van der Waals surface area contributed by atoms with Crippen molar-refractivity contribution in [2.45, 2.75) is 6.92 Å². The number of nitrogens with zero attached hydrogens (tertiary/aromatic N) is 3. The van der Waals surface area contributed by atoms with Crippen LogP contribution >= 0.6 is 23.2 Å². The van der Waals surface area contributed by atoms with Gasteiger partial charge in [-0.15, -0.1) is 0 Å². The second-order valence-corrected chi connectivity index (χ2v) is 3.66. The largest absolute Gasteiger partial charge is 0.312 e. The maximum atomic E-state index is 11.2. The van der Waals surface area contributed by atoms with Crippen LogP contribution in [0.3, 0.4) is 0 Å². The van der Waals surface area contributed by atoms with Gasteiger partial charge in [0.1, 0.15) is 0 Å². The summed E-state index contributed by atoms with van der Waals surface area (Å²) in [5.41, 5.74) is 0.237. The Morgan fingerprint density at radius 2 is 2.20 bits per heavy atom. The second-order valence-electron chi connectivity index (χ2n) is 2.88. The van der Waals surface area contributed by atoms with Crippen LogP contribution in [0.1, 0.15) is 5.69 Å². The van der Waals surface area contributed by atoms with Crippen LogP contribution in [-0.2, 0) is 0 Å². The van der Waals surface area contributed by atoms with Crippen LogP contribution < -0.4 is 5.56 Å². The number of hydrogen-bond donors (Lipinski definition) is 1. The van der Waals surface area contributed by atoms with E-state index in [0.717, 1.165) is 0 Å². The van der Waals surface area contributed by atoms with Crippen molar-refractivity contribution < 1.29 is 0 Å². The molecule has 0 aromatic carbocycles. The number of nitrogens with one attached hydrogen (secondary N) is 1. The zero-order valence-electron chi connectivity index (χ0n) is 7.66. The van der Waals surface area contributed by atoms with Gasteiger partial charge in [-0.25, -0.2) is 9.67 Å². The number of aromatic nitrogens is 4. The molecule has 0 saturated heterocycles. The van der Waals surface area contributed by atoms with Crippen molar-refractivity contribution in [3.8, 4) is 5.82 Å². The molecule has 0 fully saturated rings. The Morgan fingerprint density at radius 1 is 1.47 bits per heavy atom. The predicted octanol–water partition coefficient (Wildman–Crippen LogP) is 1.57. The van der Waals surface area contributed by atoms with Gasteiger partial charge in [0.05, 0.1) is 23.2 Å². The van der Waals surface area contributed by atoms with Gasteiger partial charge in [0, 0.05) is 0 Å². The number of H-pyrrole nitrogens is 1. The Morgan fingerprint density at radius 3 is 2.80 bits per heavy atom. The summed E-state index contributed by atoms with van der Waals surface area (Å²) in [4.78, 5) is 17.5. The monoisotopic (exact) mass is 244 g/mol. The van der Waals surface area contributed by atoms with Crippen LogP contribution in [0.4, 0.5) is 0 Å². The number of aromatic amines is 1. The molecule has 2 aromatic heterocycles. The predicted molar refractivity (Wildman–Crippen MR) is 56.7 cm³/mol. The van der Waals surface area contributed by atoms with Crippen molar-refractivity contribution in [3.05, 3.63) is 38.6 Å². The first-order chi connectivity index (χ1) is 7.09. The summed E-state index contributed by atoms with van der Waals surface area (Å²) < 4.78 is 1.37. The van der Waals surface area contributed by atoms with E-state index in [9.17, 15) is 4.79 Å². The lowest BCUT2D eigenvalue weighted by Crippen LogP contribution is -2.12. The Hall–Kier alpha value is -1.33. The minimum absolute atomic E-state index is 0.0170. The van der Waals surface area contributed by atoms with Crippen molar-refractivity contribution in [1.82, 2.24) is 19.7 Å². The highest BCUT2D eigenvalue weighted by Gasteiger charge is 2.10. The number of rotatable bonds is 1. The van der Waals surface area contributed by atoms with Crippen LogP contribution in [0, 0.1) is 6.92 Å². The second kappa shape index (κ2) is 3.67. The zero-order valence-corrected chi connectivity index (χ0v) is 9.17. The van der Waals surface area contributed by atoms with Gasteiger partial charge in [-0.05, 0) is 6.92 Å². The maximum absolute atomic E-state index is 11.2. The van der Waals surface area contributed by atoms with Crippen LogP contribution in [0.25, 0.3) is 5.82 Å². The molecular weight excluding hydrogens is 239 g/mol. The fourth-order valence-corrected chi connectivity index (χ4v) is 1.40. The molecule has 5 nitrogen and oxygen atoms in total. The van der Waals surface area contributed by atoms with Crippen molar-refractivity contribution in [2.24, 2.45) is 0 Å². The minimum atomic E-state index is -0.411. The average molecular weight is 245 g/mol. The first-order valence-corrected chi connectivity index (χ1v) is 4.80. The van der Waals surface area contributed by atoms with Crippen molar-refractivity contribution in [1.29, 1.82) is 0 Å². The van der Waals surface area contributed by atoms with Crippen LogP contribution in [0.5, 0.6) is 0 Å². The maximum Gasteiger partial charge on any atom is 0.271 e. The third-order valence-electron chi connectivity index (χ3n) is 1.83. The quantitative estimate of drug-likeness (QED) is 0.829. The van der Waals surface area contributed by atoms with Gasteiger partial charge in [0.2, 0.25) is 0 Å². The molecule has 0 unspecified atom stereocenters. The van der Waals surface area contributed by atoms with Gasteiger partial charge in [-0.1, -0.05) is 23.2 Å². The van der Waals surface area contributed by atoms with E-state index in [2.05, 4.69) is 15.1 Å². The molecule has 0 aliphatic rings. The Bertz CT molecular complexity index is 541. The highest BCUT2D eigenvalue weighted by Crippen LogP contribution is 2.17. The van der Waals surface area contributed by atoms with E-state index >= 15 is 0 Å². The van der Waals surface area contributed by atoms with E-state index in [1.165, 1.54) is 11.0 Å². The molecule has 1 N–H and O–H groups in total. The fourth-order valence-electron chi connectivity index (χ4n) is 1.08. The SMILES string of the molecule is Cc1nn(-c2nc[nH]c(=O)c2Cl)cc1Cl. The van der Waals surface area contributed by atoms with E-state index in [-0.39, 0.29) is 10.8 Å². The van der Waals surface area contributed by atoms with Gasteiger partial charge in [-0.3, -0.25) is 4.79 Å². The molecule has 78 valence electrons. The molecule has 0 saturated carbocycles. The highest BCUT2D eigenvalue weighted by molar-refractivity contribution is 6.32. The van der Waals surface area contributed by atoms with E-state index < -0.39 is 5.56 Å². The van der Waals surface area contributed by atoms with E-state index in [1.807, 2.05) is 0 Å². The topological polar surface area (TPSA) is 63.6 Å². The standard InChI is InChI=1S/C8H6Cl2N4O/c1-4-5(9)2-14(13-4)7-6(10)8(15)12-3-11-7/h2-3H,1H3,(H,11,12,15). The Balaban J connectivity index is 2.64. The summed E-state index contributed by atoms with van der Waals surface area (Å²) in [5, 5.41) is 4.54. The molecule has 2 heterocycles. The molecule has 0 amide bonds. The van der Waals surface area contributed by atoms with E-state index in [0.29, 0.717) is 10.7 Å². The molecule has 2 aromatic rings.